The zero-order valence-corrected chi connectivity index (χ0v) is 10.5. The third-order valence-corrected chi connectivity index (χ3v) is 4.89. The molecule has 0 unspecified atom stereocenters. The van der Waals surface area contributed by atoms with Crippen LogP contribution in [0.5, 0.6) is 0 Å². The number of carbonyl (C=O) groups excluding carboxylic acids is 1. The van der Waals surface area contributed by atoms with Gasteiger partial charge in [-0.25, -0.2) is 0 Å². The molecule has 0 radical (unpaired) electrons. The van der Waals surface area contributed by atoms with E-state index in [0.29, 0.717) is 16.4 Å². The Kier molecular flexibility index (Phi) is 4.49. The lowest BCUT2D eigenvalue weighted by Gasteiger charge is -2.36. The summed E-state index contributed by atoms with van der Waals surface area (Å²) in [6.07, 6.45) is 5.19. The van der Waals surface area contributed by atoms with Crippen molar-refractivity contribution in [3.05, 3.63) is 0 Å². The van der Waals surface area contributed by atoms with Crippen LogP contribution in [0.2, 0.25) is 0 Å². The van der Waals surface area contributed by atoms with Crippen LogP contribution in [0.1, 0.15) is 52.9 Å². The fraction of sp³-hybridized carbons (Fsp3) is 0.917. The summed E-state index contributed by atoms with van der Waals surface area (Å²) in [6, 6.07) is 0. The van der Waals surface area contributed by atoms with Gasteiger partial charge in [0.1, 0.15) is 5.78 Å². The highest BCUT2D eigenvalue weighted by molar-refractivity contribution is 8.00. The van der Waals surface area contributed by atoms with Crippen molar-refractivity contribution < 1.29 is 4.79 Å². The normalized spacial score (nSPS) is 32.9. The van der Waals surface area contributed by atoms with E-state index < -0.39 is 0 Å². The second-order valence-electron chi connectivity index (χ2n) is 4.56. The lowest BCUT2D eigenvalue weighted by atomic mass is 9.86. The number of ketones is 1. The van der Waals surface area contributed by atoms with E-state index in [9.17, 15) is 4.79 Å². The van der Waals surface area contributed by atoms with Gasteiger partial charge in [-0.1, -0.05) is 20.8 Å². The summed E-state index contributed by atoms with van der Waals surface area (Å²) in [5, 5.41) is 0. The van der Waals surface area contributed by atoms with Crippen LogP contribution < -0.4 is 0 Å². The molecule has 0 saturated carbocycles. The van der Waals surface area contributed by atoms with Gasteiger partial charge in [0.25, 0.3) is 0 Å². The second kappa shape index (κ2) is 5.20. The van der Waals surface area contributed by atoms with Crippen molar-refractivity contribution in [2.24, 2.45) is 5.92 Å². The number of hydrogen-bond donors (Lipinski definition) is 0. The van der Waals surface area contributed by atoms with Crippen LogP contribution in [0.4, 0.5) is 0 Å². The molecule has 82 valence electrons. The quantitative estimate of drug-likeness (QED) is 0.710. The van der Waals surface area contributed by atoms with Crippen LogP contribution in [-0.4, -0.2) is 16.3 Å². The Morgan fingerprint density at radius 1 is 1.50 bits per heavy atom. The smallest absolute Gasteiger partial charge is 0.136 e. The minimum absolute atomic E-state index is 0.362. The van der Waals surface area contributed by atoms with Crippen molar-refractivity contribution in [2.45, 2.75) is 57.6 Å². The van der Waals surface area contributed by atoms with Gasteiger partial charge in [-0.3, -0.25) is 4.79 Å². The van der Waals surface area contributed by atoms with Crippen LogP contribution in [0, 0.1) is 5.92 Å². The summed E-state index contributed by atoms with van der Waals surface area (Å²) in [5.74, 6) is 2.04. The maximum Gasteiger partial charge on any atom is 0.136 e. The molecule has 0 N–H and O–H groups in total. The zero-order chi connectivity index (χ0) is 10.6. The van der Waals surface area contributed by atoms with E-state index in [2.05, 4.69) is 32.5 Å². The van der Waals surface area contributed by atoms with Crippen LogP contribution in [0.15, 0.2) is 0 Å². The first-order valence-corrected chi connectivity index (χ1v) is 6.76. The Hall–Kier alpha value is 0.0200. The first-order chi connectivity index (χ1) is 6.61. The molecule has 1 aliphatic rings. The summed E-state index contributed by atoms with van der Waals surface area (Å²) in [5.41, 5.74) is 0. The fourth-order valence-electron chi connectivity index (χ4n) is 2.10. The zero-order valence-electron chi connectivity index (χ0n) is 9.64. The molecule has 1 aliphatic heterocycles. The molecule has 0 aromatic heterocycles. The van der Waals surface area contributed by atoms with Gasteiger partial charge in [-0.05, 0) is 31.4 Å². The van der Waals surface area contributed by atoms with Crippen molar-refractivity contribution in [3.63, 3.8) is 0 Å². The number of carbonyl (C=O) groups is 1. The number of Topliss-reactive ketones (excluding diaryl/α,β-unsaturated/α-hetero) is 1. The van der Waals surface area contributed by atoms with E-state index in [4.69, 9.17) is 0 Å². The predicted octanol–water partition coefficient (Wildman–Crippen LogP) is 3.67. The molecule has 2 heteroatoms. The molecule has 0 spiro atoms. The van der Waals surface area contributed by atoms with Crippen molar-refractivity contribution in [1.29, 1.82) is 0 Å². The molecule has 0 aromatic rings. The Morgan fingerprint density at radius 2 is 2.21 bits per heavy atom. The third-order valence-electron chi connectivity index (χ3n) is 3.29. The highest BCUT2D eigenvalue weighted by atomic mass is 32.2. The van der Waals surface area contributed by atoms with E-state index in [-0.39, 0.29) is 0 Å². The average Bonchev–Trinajstić information content (AvgIpc) is 2.18. The first-order valence-electron chi connectivity index (χ1n) is 5.78. The summed E-state index contributed by atoms with van der Waals surface area (Å²) in [6.45, 7) is 6.64. The molecular weight excluding hydrogens is 192 g/mol. The minimum atomic E-state index is 0.362. The Morgan fingerprint density at radius 3 is 2.79 bits per heavy atom. The molecular formula is C12H22OS. The number of thioether (sulfide) groups is 1. The molecule has 14 heavy (non-hydrogen) atoms. The monoisotopic (exact) mass is 214 g/mol. The highest BCUT2D eigenvalue weighted by Crippen LogP contribution is 2.41. The lowest BCUT2D eigenvalue weighted by molar-refractivity contribution is -0.123. The fourth-order valence-corrected chi connectivity index (χ4v) is 3.52. The molecule has 0 aliphatic carbocycles. The number of hydrogen-bond acceptors (Lipinski definition) is 2. The highest BCUT2D eigenvalue weighted by Gasteiger charge is 2.33. The minimum Gasteiger partial charge on any atom is -0.299 e. The van der Waals surface area contributed by atoms with Gasteiger partial charge in [-0.15, -0.1) is 0 Å². The van der Waals surface area contributed by atoms with Gasteiger partial charge in [0.2, 0.25) is 0 Å². The topological polar surface area (TPSA) is 17.1 Å². The molecule has 0 bridgehead atoms. The van der Waals surface area contributed by atoms with E-state index >= 15 is 0 Å². The first kappa shape index (κ1) is 12.1. The maximum atomic E-state index is 11.8. The average molecular weight is 214 g/mol. The van der Waals surface area contributed by atoms with Gasteiger partial charge in [0.05, 0.1) is 0 Å². The van der Waals surface area contributed by atoms with Crippen molar-refractivity contribution >= 4 is 17.5 Å². The van der Waals surface area contributed by atoms with Crippen LogP contribution in [0.3, 0.4) is 0 Å². The predicted molar refractivity (Wildman–Crippen MR) is 63.8 cm³/mol. The van der Waals surface area contributed by atoms with E-state index in [1.807, 2.05) is 0 Å². The summed E-state index contributed by atoms with van der Waals surface area (Å²) >= 11 is 2.05. The van der Waals surface area contributed by atoms with Gasteiger partial charge < -0.3 is 0 Å². The van der Waals surface area contributed by atoms with Crippen molar-refractivity contribution in [1.82, 2.24) is 0 Å². The maximum absolute atomic E-state index is 11.8. The van der Waals surface area contributed by atoms with E-state index in [0.717, 1.165) is 25.7 Å². The molecule has 1 heterocycles. The molecule has 1 nitrogen and oxygen atoms in total. The molecule has 1 rings (SSSR count). The van der Waals surface area contributed by atoms with Gasteiger partial charge >= 0.3 is 0 Å². The van der Waals surface area contributed by atoms with Crippen LogP contribution in [0.25, 0.3) is 0 Å². The Labute approximate surface area is 92.0 Å². The Bertz CT molecular complexity index is 202. The van der Waals surface area contributed by atoms with E-state index in [1.165, 1.54) is 12.2 Å². The number of rotatable bonds is 4. The third kappa shape index (κ3) is 3.01. The van der Waals surface area contributed by atoms with Crippen molar-refractivity contribution in [2.75, 3.05) is 5.75 Å². The summed E-state index contributed by atoms with van der Waals surface area (Å²) in [4.78, 5) is 11.8. The van der Waals surface area contributed by atoms with Crippen molar-refractivity contribution in [3.8, 4) is 0 Å². The van der Waals surface area contributed by atoms with Gasteiger partial charge in [-0.2, -0.15) is 11.8 Å². The second-order valence-corrected chi connectivity index (χ2v) is 6.24. The van der Waals surface area contributed by atoms with Crippen LogP contribution >= 0.6 is 11.8 Å². The summed E-state index contributed by atoms with van der Waals surface area (Å²) < 4.78 is 0.367. The molecule has 0 aromatic carbocycles. The molecule has 1 fully saturated rings. The standard InChI is InChI=1S/C12H22OS/c1-4-6-11(13)10-7-8-14-12(3,5-2)9-10/h10H,4-9H2,1-3H3/t10-,12+/m1/s1. The van der Waals surface area contributed by atoms with Crippen LogP contribution in [-0.2, 0) is 4.79 Å². The largest absolute Gasteiger partial charge is 0.299 e. The SMILES string of the molecule is CCCC(=O)[C@@H]1CCS[C@@](C)(CC)C1. The van der Waals surface area contributed by atoms with E-state index in [1.54, 1.807) is 0 Å². The summed E-state index contributed by atoms with van der Waals surface area (Å²) in [7, 11) is 0. The molecule has 0 amide bonds. The lowest BCUT2D eigenvalue weighted by Crippen LogP contribution is -2.32. The van der Waals surface area contributed by atoms with Gasteiger partial charge in [0.15, 0.2) is 0 Å². The van der Waals surface area contributed by atoms with Gasteiger partial charge in [0, 0.05) is 17.1 Å². The molecule has 1 saturated heterocycles. The Balaban J connectivity index is 2.51. The molecule has 2 atom stereocenters.